The maximum absolute atomic E-state index is 12.0. The van der Waals surface area contributed by atoms with Crippen LogP contribution in [0.25, 0.3) is 0 Å². The summed E-state index contributed by atoms with van der Waals surface area (Å²) in [6.07, 6.45) is 1.89. The van der Waals surface area contributed by atoms with Gasteiger partial charge in [-0.2, -0.15) is 0 Å². The van der Waals surface area contributed by atoms with Gasteiger partial charge in [0.1, 0.15) is 11.6 Å². The molecule has 1 fully saturated rings. The molecule has 1 rings (SSSR count). The summed E-state index contributed by atoms with van der Waals surface area (Å²) in [4.78, 5) is 37.3. The van der Waals surface area contributed by atoms with E-state index in [0.717, 1.165) is 19.4 Å². The van der Waals surface area contributed by atoms with Crippen LogP contribution in [0.5, 0.6) is 0 Å². The smallest absolute Gasteiger partial charge is 0.408 e. The van der Waals surface area contributed by atoms with Crippen LogP contribution in [0.3, 0.4) is 0 Å². The van der Waals surface area contributed by atoms with E-state index >= 15 is 0 Å². The van der Waals surface area contributed by atoms with Crippen molar-refractivity contribution in [1.29, 1.82) is 0 Å². The zero-order valence-corrected chi connectivity index (χ0v) is 14.8. The van der Waals surface area contributed by atoms with Crippen LogP contribution in [-0.2, 0) is 14.3 Å². The number of nitrogens with zero attached hydrogens (tertiary/aromatic N) is 1. The van der Waals surface area contributed by atoms with Crippen molar-refractivity contribution in [1.82, 2.24) is 15.5 Å². The lowest BCUT2D eigenvalue weighted by Crippen LogP contribution is -2.51. The summed E-state index contributed by atoms with van der Waals surface area (Å²) in [6.45, 7) is 9.88. The molecule has 0 bridgehead atoms. The average Bonchev–Trinajstić information content (AvgIpc) is 2.42. The van der Waals surface area contributed by atoms with Gasteiger partial charge in [0.2, 0.25) is 11.8 Å². The standard InChI is InChI=1S/C16H29N3O4/c1-11(19-9-7-6-8-13(19)20)10-17-14(21)12(2)18-15(22)23-16(3,4)5/h11-12H,6-10H2,1-5H3,(H,17,21)(H,18,22)/t11?,12-/m0/s1. The van der Waals surface area contributed by atoms with Gasteiger partial charge < -0.3 is 20.3 Å². The second-order valence-electron chi connectivity index (χ2n) is 7.01. The summed E-state index contributed by atoms with van der Waals surface area (Å²) in [5.74, 6) is -0.162. The Hall–Kier alpha value is -1.79. The summed E-state index contributed by atoms with van der Waals surface area (Å²) in [5, 5.41) is 5.26. The molecule has 2 atom stereocenters. The summed E-state index contributed by atoms with van der Waals surface area (Å²) in [5.41, 5.74) is -0.608. The summed E-state index contributed by atoms with van der Waals surface area (Å²) >= 11 is 0. The van der Waals surface area contributed by atoms with Crippen LogP contribution in [0.1, 0.15) is 53.9 Å². The molecule has 1 aliphatic rings. The van der Waals surface area contributed by atoms with Crippen LogP contribution >= 0.6 is 0 Å². The van der Waals surface area contributed by atoms with Gasteiger partial charge in [0, 0.05) is 25.6 Å². The van der Waals surface area contributed by atoms with E-state index < -0.39 is 17.7 Å². The van der Waals surface area contributed by atoms with Crippen LogP contribution < -0.4 is 10.6 Å². The highest BCUT2D eigenvalue weighted by Crippen LogP contribution is 2.13. The van der Waals surface area contributed by atoms with Gasteiger partial charge in [0.15, 0.2) is 0 Å². The van der Waals surface area contributed by atoms with Crippen molar-refractivity contribution in [3.8, 4) is 0 Å². The third kappa shape index (κ3) is 6.88. The van der Waals surface area contributed by atoms with E-state index in [1.807, 2.05) is 6.92 Å². The van der Waals surface area contributed by atoms with Crippen molar-refractivity contribution < 1.29 is 19.1 Å². The van der Waals surface area contributed by atoms with Gasteiger partial charge in [-0.1, -0.05) is 0 Å². The minimum absolute atomic E-state index is 0.0551. The Bertz CT molecular complexity index is 445. The fourth-order valence-electron chi connectivity index (χ4n) is 2.35. The van der Waals surface area contributed by atoms with E-state index in [4.69, 9.17) is 4.74 Å². The number of likely N-dealkylation sites (tertiary alicyclic amines) is 1. The van der Waals surface area contributed by atoms with Crippen LogP contribution in [0.4, 0.5) is 4.79 Å². The Morgan fingerprint density at radius 1 is 1.26 bits per heavy atom. The Kier molecular flexibility index (Phi) is 6.84. The number of hydrogen-bond donors (Lipinski definition) is 2. The molecule has 1 aliphatic heterocycles. The summed E-state index contributed by atoms with van der Waals surface area (Å²) in [6, 6.07) is -0.755. The van der Waals surface area contributed by atoms with Gasteiger partial charge in [0.25, 0.3) is 0 Å². The van der Waals surface area contributed by atoms with Gasteiger partial charge in [-0.05, 0) is 47.5 Å². The number of hydrogen-bond acceptors (Lipinski definition) is 4. The lowest BCUT2D eigenvalue weighted by Gasteiger charge is -2.32. The third-order valence-electron chi connectivity index (χ3n) is 3.59. The van der Waals surface area contributed by atoms with E-state index in [1.165, 1.54) is 0 Å². The van der Waals surface area contributed by atoms with Gasteiger partial charge >= 0.3 is 6.09 Å². The van der Waals surface area contributed by atoms with Crippen LogP contribution in [0.2, 0.25) is 0 Å². The highest BCUT2D eigenvalue weighted by Gasteiger charge is 2.25. The highest BCUT2D eigenvalue weighted by molar-refractivity contribution is 5.85. The summed E-state index contributed by atoms with van der Waals surface area (Å²) in [7, 11) is 0. The number of ether oxygens (including phenoxy) is 1. The van der Waals surface area contributed by atoms with Gasteiger partial charge in [0.05, 0.1) is 0 Å². The van der Waals surface area contributed by atoms with E-state index in [2.05, 4.69) is 10.6 Å². The number of nitrogens with one attached hydrogen (secondary N) is 2. The quantitative estimate of drug-likeness (QED) is 0.799. The molecule has 0 aromatic heterocycles. The van der Waals surface area contributed by atoms with Crippen LogP contribution in [0.15, 0.2) is 0 Å². The molecule has 1 saturated heterocycles. The van der Waals surface area contributed by atoms with Crippen LogP contribution in [0, 0.1) is 0 Å². The fraction of sp³-hybridized carbons (Fsp3) is 0.812. The molecule has 132 valence electrons. The largest absolute Gasteiger partial charge is 0.444 e. The molecule has 1 unspecified atom stereocenters. The molecule has 0 spiro atoms. The topological polar surface area (TPSA) is 87.7 Å². The monoisotopic (exact) mass is 327 g/mol. The van der Waals surface area contributed by atoms with Crippen molar-refractivity contribution in [2.24, 2.45) is 0 Å². The Balaban J connectivity index is 2.37. The van der Waals surface area contributed by atoms with Gasteiger partial charge in [-0.3, -0.25) is 9.59 Å². The minimum Gasteiger partial charge on any atom is -0.444 e. The third-order valence-corrected chi connectivity index (χ3v) is 3.59. The second-order valence-corrected chi connectivity index (χ2v) is 7.01. The molecule has 0 aromatic carbocycles. The number of carbonyl (C=O) groups is 3. The first kappa shape index (κ1) is 19.3. The molecule has 23 heavy (non-hydrogen) atoms. The molecule has 1 heterocycles. The molecule has 7 nitrogen and oxygen atoms in total. The van der Waals surface area contributed by atoms with Crippen molar-refractivity contribution in [3.63, 3.8) is 0 Å². The maximum atomic E-state index is 12.0. The van der Waals surface area contributed by atoms with Crippen molar-refractivity contribution in [2.45, 2.75) is 71.6 Å². The highest BCUT2D eigenvalue weighted by atomic mass is 16.6. The number of piperidine rings is 1. The maximum Gasteiger partial charge on any atom is 0.408 e. The molecule has 7 heteroatoms. The van der Waals surface area contributed by atoms with Gasteiger partial charge in [-0.15, -0.1) is 0 Å². The molecule has 0 aliphatic carbocycles. The Morgan fingerprint density at radius 3 is 2.48 bits per heavy atom. The number of alkyl carbamates (subject to hydrolysis) is 1. The first-order valence-electron chi connectivity index (χ1n) is 8.17. The van der Waals surface area contributed by atoms with Crippen molar-refractivity contribution in [2.75, 3.05) is 13.1 Å². The van der Waals surface area contributed by atoms with E-state index in [-0.39, 0.29) is 17.9 Å². The molecule has 0 aromatic rings. The van der Waals surface area contributed by atoms with Gasteiger partial charge in [-0.25, -0.2) is 4.79 Å². The molecular formula is C16H29N3O4. The predicted octanol–water partition coefficient (Wildman–Crippen LogP) is 1.42. The molecule has 0 saturated carbocycles. The number of carbonyl (C=O) groups excluding carboxylic acids is 3. The Morgan fingerprint density at radius 2 is 1.91 bits per heavy atom. The number of rotatable bonds is 5. The predicted molar refractivity (Wildman–Crippen MR) is 86.9 cm³/mol. The SMILES string of the molecule is CC(CNC(=O)[C@H](C)NC(=O)OC(C)(C)C)N1CCCCC1=O. The first-order valence-corrected chi connectivity index (χ1v) is 8.17. The zero-order chi connectivity index (χ0) is 17.6. The van der Waals surface area contributed by atoms with E-state index in [9.17, 15) is 14.4 Å². The van der Waals surface area contributed by atoms with E-state index in [0.29, 0.717) is 13.0 Å². The lowest BCUT2D eigenvalue weighted by molar-refractivity contribution is -0.136. The number of amides is 3. The van der Waals surface area contributed by atoms with Crippen molar-refractivity contribution in [3.05, 3.63) is 0 Å². The average molecular weight is 327 g/mol. The Labute approximate surface area is 138 Å². The lowest BCUT2D eigenvalue weighted by atomic mass is 10.1. The zero-order valence-electron chi connectivity index (χ0n) is 14.8. The van der Waals surface area contributed by atoms with Crippen molar-refractivity contribution >= 4 is 17.9 Å². The molecule has 2 N–H and O–H groups in total. The molecule has 3 amide bonds. The fourth-order valence-corrected chi connectivity index (χ4v) is 2.35. The minimum atomic E-state index is -0.700. The second kappa shape index (κ2) is 8.17. The molecular weight excluding hydrogens is 298 g/mol. The molecule has 0 radical (unpaired) electrons. The van der Waals surface area contributed by atoms with Crippen LogP contribution in [-0.4, -0.2) is 53.6 Å². The first-order chi connectivity index (χ1) is 10.6. The summed E-state index contributed by atoms with van der Waals surface area (Å²) < 4.78 is 5.11. The van der Waals surface area contributed by atoms with E-state index in [1.54, 1.807) is 32.6 Å². The normalized spacial score (nSPS) is 18.1.